The first-order chi connectivity index (χ1) is 10.1. The van der Waals surface area contributed by atoms with Crippen LogP contribution in [0.3, 0.4) is 0 Å². The van der Waals surface area contributed by atoms with Crippen LogP contribution in [0, 0.1) is 0 Å². The lowest BCUT2D eigenvalue weighted by atomic mass is 10.3. The number of aromatic nitrogens is 1. The Hall–Kier alpha value is -1.51. The quantitative estimate of drug-likeness (QED) is 0.625. The molecule has 5 nitrogen and oxygen atoms in total. The lowest BCUT2D eigenvalue weighted by molar-refractivity contribution is -0.119. The maximum absolute atomic E-state index is 12.0. The normalized spacial score (nSPS) is 18.5. The SMILES string of the molecule is CCN1C(=O)/C(=N\N=c2\sc3ccccc3n2C)SC1=S. The van der Waals surface area contributed by atoms with Gasteiger partial charge in [0, 0.05) is 13.6 Å². The maximum atomic E-state index is 12.0. The monoisotopic (exact) mass is 336 g/mol. The van der Waals surface area contributed by atoms with Gasteiger partial charge in [0.15, 0.2) is 5.04 Å². The molecule has 108 valence electrons. The van der Waals surface area contributed by atoms with Crippen molar-refractivity contribution < 1.29 is 4.79 Å². The standard InChI is InChI=1S/C13H12N4OS3/c1-3-17-11(18)10(21-13(17)19)14-15-12-16(2)8-6-4-5-7-9(8)20-12/h4-7H,3H2,1-2H3/b14-10+,15-12+. The summed E-state index contributed by atoms with van der Waals surface area (Å²) in [5.74, 6) is -0.167. The smallest absolute Gasteiger partial charge is 0.286 e. The first kappa shape index (κ1) is 14.4. The van der Waals surface area contributed by atoms with E-state index in [1.165, 1.54) is 28.0 Å². The number of para-hydroxylation sites is 1. The Labute approximate surface area is 135 Å². The molecule has 1 fully saturated rings. The molecule has 1 saturated heterocycles. The molecule has 1 aliphatic heterocycles. The molecule has 2 heterocycles. The van der Waals surface area contributed by atoms with Gasteiger partial charge in [-0.2, -0.15) is 0 Å². The molecule has 3 rings (SSSR count). The first-order valence-electron chi connectivity index (χ1n) is 6.31. The van der Waals surface area contributed by atoms with Gasteiger partial charge in [0.2, 0.25) is 4.80 Å². The number of carbonyl (C=O) groups excluding carboxylic acids is 1. The Morgan fingerprint density at radius 2 is 2.05 bits per heavy atom. The van der Waals surface area contributed by atoms with Crippen molar-refractivity contribution in [3.8, 4) is 0 Å². The van der Waals surface area contributed by atoms with E-state index in [1.807, 2.05) is 42.8 Å². The van der Waals surface area contributed by atoms with Crippen molar-refractivity contribution >= 4 is 60.8 Å². The lowest BCUT2D eigenvalue weighted by Gasteiger charge is -2.08. The van der Waals surface area contributed by atoms with E-state index in [0.29, 0.717) is 15.9 Å². The third-order valence-electron chi connectivity index (χ3n) is 3.09. The number of thiazole rings is 1. The van der Waals surface area contributed by atoms with E-state index in [2.05, 4.69) is 10.2 Å². The van der Waals surface area contributed by atoms with E-state index in [-0.39, 0.29) is 5.91 Å². The Morgan fingerprint density at radius 3 is 2.71 bits per heavy atom. The van der Waals surface area contributed by atoms with Crippen LogP contribution in [-0.4, -0.2) is 31.3 Å². The van der Waals surface area contributed by atoms with Crippen molar-refractivity contribution in [1.29, 1.82) is 0 Å². The predicted molar refractivity (Wildman–Crippen MR) is 91.4 cm³/mol. The van der Waals surface area contributed by atoms with Crippen molar-refractivity contribution in [1.82, 2.24) is 9.47 Å². The molecule has 1 aromatic carbocycles. The fraction of sp³-hybridized carbons (Fsp3) is 0.231. The van der Waals surface area contributed by atoms with Gasteiger partial charge in [-0.25, -0.2) is 0 Å². The fourth-order valence-electron chi connectivity index (χ4n) is 1.98. The number of amides is 1. The summed E-state index contributed by atoms with van der Waals surface area (Å²) < 4.78 is 3.64. The molecule has 21 heavy (non-hydrogen) atoms. The second kappa shape index (κ2) is 5.70. The summed E-state index contributed by atoms with van der Waals surface area (Å²) in [6.45, 7) is 2.44. The van der Waals surface area contributed by atoms with E-state index in [0.717, 1.165) is 15.0 Å². The highest BCUT2D eigenvalue weighted by Crippen LogP contribution is 2.22. The first-order valence-corrected chi connectivity index (χ1v) is 8.36. The number of nitrogens with zero attached hydrogens (tertiary/aromatic N) is 4. The Kier molecular flexibility index (Phi) is 3.92. The van der Waals surface area contributed by atoms with Crippen LogP contribution < -0.4 is 4.80 Å². The van der Waals surface area contributed by atoms with Crippen molar-refractivity contribution in [3.05, 3.63) is 29.1 Å². The summed E-state index contributed by atoms with van der Waals surface area (Å²) in [6.07, 6.45) is 0. The van der Waals surface area contributed by atoms with Crippen LogP contribution >= 0.6 is 35.3 Å². The minimum absolute atomic E-state index is 0.167. The van der Waals surface area contributed by atoms with E-state index >= 15 is 0 Å². The van der Waals surface area contributed by atoms with Gasteiger partial charge in [0.05, 0.1) is 10.2 Å². The molecule has 0 N–H and O–H groups in total. The van der Waals surface area contributed by atoms with Crippen LogP contribution in [0.4, 0.5) is 0 Å². The van der Waals surface area contributed by atoms with Gasteiger partial charge < -0.3 is 4.57 Å². The number of fused-ring (bicyclic) bond motifs is 1. The number of carbonyl (C=O) groups is 1. The third-order valence-corrected chi connectivity index (χ3v) is 5.51. The number of thiocarbonyl (C=S) groups is 1. The summed E-state index contributed by atoms with van der Waals surface area (Å²) in [7, 11) is 1.93. The Balaban J connectivity index is 2.02. The number of thioether (sulfide) groups is 1. The average Bonchev–Trinajstić information content (AvgIpc) is 2.94. The molecule has 1 amide bonds. The van der Waals surface area contributed by atoms with Crippen LogP contribution in [0.25, 0.3) is 10.2 Å². The zero-order chi connectivity index (χ0) is 15.0. The van der Waals surface area contributed by atoms with Gasteiger partial charge in [0.1, 0.15) is 4.32 Å². The summed E-state index contributed by atoms with van der Waals surface area (Å²) in [5.41, 5.74) is 1.09. The van der Waals surface area contributed by atoms with E-state index in [1.54, 1.807) is 0 Å². The molecule has 1 aromatic heterocycles. The van der Waals surface area contributed by atoms with Crippen LogP contribution in [-0.2, 0) is 11.8 Å². The number of hydrogen-bond acceptors (Lipinski definition) is 6. The van der Waals surface area contributed by atoms with Crippen LogP contribution in [0.5, 0.6) is 0 Å². The highest BCUT2D eigenvalue weighted by molar-refractivity contribution is 8.35. The fourth-order valence-corrected chi connectivity index (χ4v) is 4.17. The van der Waals surface area contributed by atoms with Gasteiger partial charge in [-0.05, 0) is 30.8 Å². The minimum atomic E-state index is -0.167. The van der Waals surface area contributed by atoms with Gasteiger partial charge in [-0.1, -0.05) is 35.7 Å². The number of hydrogen-bond donors (Lipinski definition) is 0. The largest absolute Gasteiger partial charge is 0.318 e. The van der Waals surface area contributed by atoms with Crippen molar-refractivity contribution in [2.75, 3.05) is 6.54 Å². The average molecular weight is 336 g/mol. The molecule has 1 aliphatic rings. The molecule has 0 bridgehead atoms. The van der Waals surface area contributed by atoms with Crippen molar-refractivity contribution in [2.45, 2.75) is 6.92 Å². The number of benzene rings is 1. The molecule has 0 radical (unpaired) electrons. The Morgan fingerprint density at radius 1 is 1.29 bits per heavy atom. The van der Waals surface area contributed by atoms with E-state index in [9.17, 15) is 4.79 Å². The maximum Gasteiger partial charge on any atom is 0.286 e. The van der Waals surface area contributed by atoms with Crippen LogP contribution in [0.1, 0.15) is 6.92 Å². The van der Waals surface area contributed by atoms with Gasteiger partial charge in [-0.15, -0.1) is 10.2 Å². The van der Waals surface area contributed by atoms with Crippen LogP contribution in [0.2, 0.25) is 0 Å². The molecule has 0 atom stereocenters. The number of aryl methyl sites for hydroxylation is 1. The summed E-state index contributed by atoms with van der Waals surface area (Å²) in [4.78, 5) is 14.3. The Bertz CT molecular complexity index is 833. The van der Waals surface area contributed by atoms with Crippen LogP contribution in [0.15, 0.2) is 34.5 Å². The van der Waals surface area contributed by atoms with E-state index in [4.69, 9.17) is 12.2 Å². The molecule has 0 saturated carbocycles. The third kappa shape index (κ3) is 2.54. The van der Waals surface area contributed by atoms with Gasteiger partial charge >= 0.3 is 0 Å². The zero-order valence-electron chi connectivity index (χ0n) is 11.4. The second-order valence-corrected chi connectivity index (χ2v) is 6.97. The van der Waals surface area contributed by atoms with E-state index < -0.39 is 0 Å². The summed E-state index contributed by atoms with van der Waals surface area (Å²) in [5, 5.41) is 8.65. The predicted octanol–water partition coefficient (Wildman–Crippen LogP) is 2.33. The molecule has 0 unspecified atom stereocenters. The highest BCUT2D eigenvalue weighted by atomic mass is 32.2. The summed E-state index contributed by atoms with van der Waals surface area (Å²) >= 11 is 7.88. The van der Waals surface area contributed by atoms with Gasteiger partial charge in [0.25, 0.3) is 5.91 Å². The molecule has 8 heteroatoms. The second-order valence-electron chi connectivity index (χ2n) is 4.33. The zero-order valence-corrected chi connectivity index (χ0v) is 13.9. The van der Waals surface area contributed by atoms with Crippen molar-refractivity contribution in [3.63, 3.8) is 0 Å². The molecular formula is C13H12N4OS3. The molecule has 2 aromatic rings. The molecule has 0 spiro atoms. The molecular weight excluding hydrogens is 324 g/mol. The molecule has 0 aliphatic carbocycles. The van der Waals surface area contributed by atoms with Gasteiger partial charge in [-0.3, -0.25) is 9.69 Å². The topological polar surface area (TPSA) is 50.0 Å². The highest BCUT2D eigenvalue weighted by Gasteiger charge is 2.32. The van der Waals surface area contributed by atoms with Crippen molar-refractivity contribution in [2.24, 2.45) is 17.3 Å². The summed E-state index contributed by atoms with van der Waals surface area (Å²) in [6, 6.07) is 8.04. The lowest BCUT2D eigenvalue weighted by Crippen LogP contribution is -2.29. The minimum Gasteiger partial charge on any atom is -0.318 e. The number of rotatable bonds is 2.